The number of hydrogen-bond donors (Lipinski definition) is 2. The number of amides is 1. The molecule has 11 heteroatoms. The molecule has 1 unspecified atom stereocenters. The van der Waals surface area contributed by atoms with E-state index in [2.05, 4.69) is 25.7 Å². The predicted molar refractivity (Wildman–Crippen MR) is 120 cm³/mol. The fourth-order valence-corrected chi connectivity index (χ4v) is 4.12. The van der Waals surface area contributed by atoms with Gasteiger partial charge in [0.15, 0.2) is 14.9 Å². The van der Waals surface area contributed by atoms with Gasteiger partial charge >= 0.3 is 0 Å². The zero-order chi connectivity index (χ0) is 22.9. The van der Waals surface area contributed by atoms with Crippen LogP contribution in [0.3, 0.4) is 0 Å². The first-order valence-corrected chi connectivity index (χ1v) is 11.9. The molecule has 3 aromatic heterocycles. The lowest BCUT2D eigenvalue weighted by atomic mass is 10.1. The van der Waals surface area contributed by atoms with Gasteiger partial charge in [0.25, 0.3) is 0 Å². The van der Waals surface area contributed by atoms with E-state index in [1.807, 2.05) is 16.9 Å². The van der Waals surface area contributed by atoms with E-state index in [-0.39, 0.29) is 17.0 Å². The number of aromatic nitrogens is 4. The van der Waals surface area contributed by atoms with Crippen molar-refractivity contribution in [2.45, 2.75) is 31.3 Å². The summed E-state index contributed by atoms with van der Waals surface area (Å²) in [6.45, 7) is 4.52. The molecule has 1 atom stereocenters. The lowest BCUT2D eigenvalue weighted by Gasteiger charge is -2.14. The minimum Gasteiger partial charge on any atom is -0.379 e. The summed E-state index contributed by atoms with van der Waals surface area (Å²) in [4.78, 5) is 20.1. The maximum absolute atomic E-state index is 12.0. The second kappa shape index (κ2) is 8.67. The van der Waals surface area contributed by atoms with Gasteiger partial charge in [-0.3, -0.25) is 9.48 Å². The Morgan fingerprint density at radius 3 is 2.75 bits per heavy atom. The minimum atomic E-state index is -3.48. The van der Waals surface area contributed by atoms with Crippen LogP contribution in [-0.2, 0) is 19.4 Å². The van der Waals surface area contributed by atoms with Crippen LogP contribution in [0.25, 0.3) is 11.3 Å². The first-order valence-electron chi connectivity index (χ1n) is 10.1. The Kier molecular flexibility index (Phi) is 5.94. The highest BCUT2D eigenvalue weighted by molar-refractivity contribution is 7.90. The van der Waals surface area contributed by atoms with Crippen LogP contribution in [0.2, 0.25) is 0 Å². The molecule has 3 aromatic rings. The normalized spacial score (nSPS) is 16.2. The van der Waals surface area contributed by atoms with Gasteiger partial charge in [0, 0.05) is 43.8 Å². The molecule has 168 valence electrons. The van der Waals surface area contributed by atoms with Gasteiger partial charge in [-0.05, 0) is 37.1 Å². The number of hydrogen-bond acceptors (Lipinski definition) is 8. The lowest BCUT2D eigenvalue weighted by molar-refractivity contribution is -0.114. The fourth-order valence-electron chi connectivity index (χ4n) is 3.45. The molecule has 0 saturated carbocycles. The van der Waals surface area contributed by atoms with E-state index in [0.29, 0.717) is 41.8 Å². The highest BCUT2D eigenvalue weighted by Gasteiger charge is 2.20. The van der Waals surface area contributed by atoms with E-state index < -0.39 is 9.84 Å². The Morgan fingerprint density at radius 2 is 2.06 bits per heavy atom. The zero-order valence-corrected chi connectivity index (χ0v) is 18.8. The number of ether oxygens (including phenoxy) is 1. The van der Waals surface area contributed by atoms with Gasteiger partial charge in [-0.15, -0.1) is 0 Å². The molecule has 1 fully saturated rings. The van der Waals surface area contributed by atoms with Crippen molar-refractivity contribution in [2.75, 3.05) is 30.1 Å². The molecule has 0 spiro atoms. The Balaban J connectivity index is 1.74. The molecule has 4 rings (SSSR count). The zero-order valence-electron chi connectivity index (χ0n) is 18.0. The number of carbonyl (C=O) groups is 1. The topological polar surface area (TPSA) is 128 Å². The molecule has 4 heterocycles. The molecule has 1 amide bonds. The standard InChI is InChI=1S/C21H24N6O4S/c1-13-8-20(25-21(9-13)32(3,29)30)24-18-10-19(23-14(2)28)22-11-16(18)17-4-6-27(26-17)15-5-7-31-12-15/h4,6,8-11,15H,5,7,12H2,1-3H3,(H2,22,23,24,25,28). The lowest BCUT2D eigenvalue weighted by Crippen LogP contribution is -2.10. The minimum absolute atomic E-state index is 0.0248. The number of aryl methyl sites for hydroxylation is 1. The Bertz CT molecular complexity index is 1270. The van der Waals surface area contributed by atoms with Crippen LogP contribution in [0, 0.1) is 6.92 Å². The maximum atomic E-state index is 12.0. The maximum Gasteiger partial charge on any atom is 0.222 e. The Morgan fingerprint density at radius 1 is 1.25 bits per heavy atom. The van der Waals surface area contributed by atoms with E-state index in [1.165, 1.54) is 13.0 Å². The van der Waals surface area contributed by atoms with Crippen LogP contribution in [0.5, 0.6) is 0 Å². The molecule has 10 nitrogen and oxygen atoms in total. The number of rotatable bonds is 6. The summed E-state index contributed by atoms with van der Waals surface area (Å²) in [5, 5.41) is 10.5. The number of sulfone groups is 1. The van der Waals surface area contributed by atoms with Gasteiger partial charge in [0.2, 0.25) is 5.91 Å². The van der Waals surface area contributed by atoms with Crippen molar-refractivity contribution in [3.8, 4) is 11.3 Å². The highest BCUT2D eigenvalue weighted by atomic mass is 32.2. The van der Waals surface area contributed by atoms with Crippen molar-refractivity contribution in [3.63, 3.8) is 0 Å². The van der Waals surface area contributed by atoms with E-state index in [4.69, 9.17) is 4.74 Å². The van der Waals surface area contributed by atoms with Gasteiger partial charge in [0.1, 0.15) is 11.6 Å². The highest BCUT2D eigenvalue weighted by Crippen LogP contribution is 2.32. The summed E-state index contributed by atoms with van der Waals surface area (Å²) >= 11 is 0. The van der Waals surface area contributed by atoms with E-state index in [9.17, 15) is 13.2 Å². The van der Waals surface area contributed by atoms with Crippen molar-refractivity contribution >= 4 is 33.1 Å². The van der Waals surface area contributed by atoms with E-state index >= 15 is 0 Å². The molecule has 0 aromatic carbocycles. The summed E-state index contributed by atoms with van der Waals surface area (Å²) in [6, 6.07) is 6.98. The van der Waals surface area contributed by atoms with E-state index in [0.717, 1.165) is 18.2 Å². The first-order chi connectivity index (χ1) is 15.2. The van der Waals surface area contributed by atoms with Crippen LogP contribution in [0.4, 0.5) is 17.3 Å². The van der Waals surface area contributed by atoms with Crippen LogP contribution in [0.1, 0.15) is 24.9 Å². The molecular weight excluding hydrogens is 432 g/mol. The van der Waals surface area contributed by atoms with E-state index in [1.54, 1.807) is 25.3 Å². The number of pyridine rings is 2. The summed E-state index contributed by atoms with van der Waals surface area (Å²) in [7, 11) is -3.48. The second-order valence-corrected chi connectivity index (χ2v) is 9.72. The third-order valence-corrected chi connectivity index (χ3v) is 5.93. The molecule has 1 aliphatic rings. The van der Waals surface area contributed by atoms with Gasteiger partial charge in [-0.25, -0.2) is 18.4 Å². The third kappa shape index (κ3) is 4.94. The Labute approximate surface area is 186 Å². The molecule has 1 aliphatic heterocycles. The van der Waals surface area contributed by atoms with Crippen LogP contribution >= 0.6 is 0 Å². The average molecular weight is 457 g/mol. The van der Waals surface area contributed by atoms with Gasteiger partial charge in [-0.2, -0.15) is 5.10 Å². The quantitative estimate of drug-likeness (QED) is 0.579. The Hall–Kier alpha value is -3.31. The molecule has 0 radical (unpaired) electrons. The molecule has 1 saturated heterocycles. The van der Waals surface area contributed by atoms with Crippen molar-refractivity contribution in [2.24, 2.45) is 0 Å². The predicted octanol–water partition coefficient (Wildman–Crippen LogP) is 2.72. The summed E-state index contributed by atoms with van der Waals surface area (Å²) in [5.41, 5.74) is 2.68. The largest absolute Gasteiger partial charge is 0.379 e. The summed E-state index contributed by atoms with van der Waals surface area (Å²) in [5.74, 6) is 0.452. The second-order valence-electron chi connectivity index (χ2n) is 7.76. The fraction of sp³-hybridized carbons (Fsp3) is 0.333. The molecule has 0 bridgehead atoms. The molecular formula is C21H24N6O4S. The van der Waals surface area contributed by atoms with Crippen LogP contribution < -0.4 is 10.6 Å². The molecule has 2 N–H and O–H groups in total. The van der Waals surface area contributed by atoms with Crippen molar-refractivity contribution in [3.05, 3.63) is 42.2 Å². The summed E-state index contributed by atoms with van der Waals surface area (Å²) in [6.07, 6.45) is 5.52. The van der Waals surface area contributed by atoms with Crippen LogP contribution in [0.15, 0.2) is 41.7 Å². The monoisotopic (exact) mass is 456 g/mol. The summed E-state index contributed by atoms with van der Waals surface area (Å²) < 4.78 is 31.3. The number of carbonyl (C=O) groups excluding carboxylic acids is 1. The van der Waals surface area contributed by atoms with Gasteiger partial charge < -0.3 is 15.4 Å². The number of anilines is 3. The molecule has 32 heavy (non-hydrogen) atoms. The first kappa shape index (κ1) is 21.9. The third-order valence-electron chi connectivity index (χ3n) is 4.96. The molecule has 0 aliphatic carbocycles. The van der Waals surface area contributed by atoms with Crippen LogP contribution in [-0.4, -0.2) is 53.5 Å². The van der Waals surface area contributed by atoms with Gasteiger partial charge in [-0.1, -0.05) is 0 Å². The van der Waals surface area contributed by atoms with Crippen molar-refractivity contribution in [1.29, 1.82) is 0 Å². The van der Waals surface area contributed by atoms with Crippen molar-refractivity contribution in [1.82, 2.24) is 19.7 Å². The number of nitrogens with zero attached hydrogens (tertiary/aromatic N) is 4. The smallest absolute Gasteiger partial charge is 0.222 e. The van der Waals surface area contributed by atoms with Gasteiger partial charge in [0.05, 0.1) is 24.0 Å². The van der Waals surface area contributed by atoms with Crippen molar-refractivity contribution < 1.29 is 17.9 Å². The average Bonchev–Trinajstić information content (AvgIpc) is 3.38. The SMILES string of the molecule is CC(=O)Nc1cc(Nc2cc(C)cc(S(C)(=O)=O)n2)c(-c2ccn(C3CCOC3)n2)cn1. The number of nitrogens with one attached hydrogen (secondary N) is 2.